The van der Waals surface area contributed by atoms with E-state index < -0.39 is 0 Å². The first-order chi connectivity index (χ1) is 8.13. The van der Waals surface area contributed by atoms with Gasteiger partial charge in [0.25, 0.3) is 0 Å². The van der Waals surface area contributed by atoms with Gasteiger partial charge in [0, 0.05) is 12.8 Å². The summed E-state index contributed by atoms with van der Waals surface area (Å²) in [5, 5.41) is 3.32. The predicted octanol–water partition coefficient (Wildman–Crippen LogP) is 1.91. The maximum atomic E-state index is 5.78. The molecule has 0 aromatic carbocycles. The summed E-state index contributed by atoms with van der Waals surface area (Å²) in [5.74, 6) is 0. The van der Waals surface area contributed by atoms with E-state index >= 15 is 0 Å². The molecule has 1 aliphatic heterocycles. The standard InChI is InChI=1S/C13H23N3O/c1-13(2,14-3)12-8-15-10-16(12)9-11-6-4-5-7-17-11/h8,10-11,14H,4-7,9H2,1-3H3. The predicted molar refractivity (Wildman–Crippen MR) is 67.9 cm³/mol. The van der Waals surface area contributed by atoms with Crippen LogP contribution in [0.4, 0.5) is 0 Å². The number of hydrogen-bond acceptors (Lipinski definition) is 3. The van der Waals surface area contributed by atoms with Crippen molar-refractivity contribution >= 4 is 0 Å². The van der Waals surface area contributed by atoms with Gasteiger partial charge >= 0.3 is 0 Å². The zero-order chi connectivity index (χ0) is 12.3. The second kappa shape index (κ2) is 5.19. The summed E-state index contributed by atoms with van der Waals surface area (Å²) in [4.78, 5) is 4.27. The first kappa shape index (κ1) is 12.6. The van der Waals surface area contributed by atoms with Gasteiger partial charge in [-0.25, -0.2) is 4.98 Å². The summed E-state index contributed by atoms with van der Waals surface area (Å²) < 4.78 is 8.00. The summed E-state index contributed by atoms with van der Waals surface area (Å²) in [6.07, 6.45) is 7.85. The van der Waals surface area contributed by atoms with E-state index in [-0.39, 0.29) is 5.54 Å². The van der Waals surface area contributed by atoms with Crippen LogP contribution in [0.25, 0.3) is 0 Å². The highest BCUT2D eigenvalue weighted by molar-refractivity contribution is 5.11. The molecule has 0 saturated carbocycles. The molecule has 0 spiro atoms. The summed E-state index contributed by atoms with van der Waals surface area (Å²) in [6.45, 7) is 6.16. The number of ether oxygens (including phenoxy) is 1. The Morgan fingerprint density at radius 1 is 1.53 bits per heavy atom. The van der Waals surface area contributed by atoms with Crippen molar-refractivity contribution in [2.75, 3.05) is 13.7 Å². The Kier molecular flexibility index (Phi) is 3.84. The molecule has 17 heavy (non-hydrogen) atoms. The highest BCUT2D eigenvalue weighted by Gasteiger charge is 2.24. The van der Waals surface area contributed by atoms with Gasteiger partial charge in [0.1, 0.15) is 0 Å². The van der Waals surface area contributed by atoms with Crippen LogP contribution < -0.4 is 5.32 Å². The molecule has 0 amide bonds. The molecule has 96 valence electrons. The zero-order valence-corrected chi connectivity index (χ0v) is 11.1. The van der Waals surface area contributed by atoms with Crippen molar-refractivity contribution in [2.45, 2.75) is 51.3 Å². The molecule has 2 heterocycles. The smallest absolute Gasteiger partial charge is 0.0949 e. The number of nitrogens with one attached hydrogen (secondary N) is 1. The van der Waals surface area contributed by atoms with Gasteiger partial charge in [0.2, 0.25) is 0 Å². The highest BCUT2D eigenvalue weighted by Crippen LogP contribution is 2.21. The van der Waals surface area contributed by atoms with Crippen LogP contribution in [0, 0.1) is 0 Å². The molecule has 1 aromatic rings. The molecule has 1 aliphatic rings. The minimum Gasteiger partial charge on any atom is -0.376 e. The maximum absolute atomic E-state index is 5.78. The van der Waals surface area contributed by atoms with Crippen molar-refractivity contribution in [1.29, 1.82) is 0 Å². The SMILES string of the molecule is CNC(C)(C)c1cncn1CC1CCCCO1. The molecule has 4 heteroatoms. The zero-order valence-electron chi connectivity index (χ0n) is 11.1. The Bertz CT molecular complexity index is 353. The lowest BCUT2D eigenvalue weighted by molar-refractivity contribution is 0.00508. The van der Waals surface area contributed by atoms with Crippen LogP contribution in [0.1, 0.15) is 38.8 Å². The topological polar surface area (TPSA) is 39.1 Å². The van der Waals surface area contributed by atoms with Crippen molar-refractivity contribution in [3.63, 3.8) is 0 Å². The molecular weight excluding hydrogens is 214 g/mol. The van der Waals surface area contributed by atoms with Crippen LogP contribution >= 0.6 is 0 Å². The van der Waals surface area contributed by atoms with Crippen molar-refractivity contribution in [2.24, 2.45) is 0 Å². The second-order valence-electron chi connectivity index (χ2n) is 5.29. The molecule has 4 nitrogen and oxygen atoms in total. The van der Waals surface area contributed by atoms with E-state index in [1.165, 1.54) is 18.5 Å². The third-order valence-electron chi connectivity index (χ3n) is 3.65. The fraction of sp³-hybridized carbons (Fsp3) is 0.769. The lowest BCUT2D eigenvalue weighted by Gasteiger charge is -2.28. The van der Waals surface area contributed by atoms with Crippen LogP contribution in [0.15, 0.2) is 12.5 Å². The molecule has 1 saturated heterocycles. The first-order valence-corrected chi connectivity index (χ1v) is 6.44. The Morgan fingerprint density at radius 3 is 3.00 bits per heavy atom. The minimum atomic E-state index is -0.0504. The normalized spacial score (nSPS) is 21.7. The van der Waals surface area contributed by atoms with Gasteiger partial charge < -0.3 is 14.6 Å². The molecule has 0 radical (unpaired) electrons. The van der Waals surface area contributed by atoms with E-state index in [9.17, 15) is 0 Å². The quantitative estimate of drug-likeness (QED) is 0.869. The molecule has 1 N–H and O–H groups in total. The molecule has 1 atom stereocenters. The van der Waals surface area contributed by atoms with Crippen LogP contribution in [0.2, 0.25) is 0 Å². The Labute approximate surface area is 103 Å². The van der Waals surface area contributed by atoms with Crippen molar-refractivity contribution in [3.8, 4) is 0 Å². The van der Waals surface area contributed by atoms with E-state index in [1.54, 1.807) is 0 Å². The molecule has 2 rings (SSSR count). The minimum absolute atomic E-state index is 0.0504. The van der Waals surface area contributed by atoms with Crippen LogP contribution in [0.3, 0.4) is 0 Å². The Hall–Kier alpha value is -0.870. The second-order valence-corrected chi connectivity index (χ2v) is 5.29. The number of imidazole rings is 1. The summed E-state index contributed by atoms with van der Waals surface area (Å²) in [5.41, 5.74) is 1.17. The molecular formula is C13H23N3O. The molecule has 0 aliphatic carbocycles. The fourth-order valence-corrected chi connectivity index (χ4v) is 2.29. The molecule has 1 unspecified atom stereocenters. The van der Waals surface area contributed by atoms with Crippen molar-refractivity contribution in [1.82, 2.24) is 14.9 Å². The van der Waals surface area contributed by atoms with E-state index in [0.717, 1.165) is 19.6 Å². The first-order valence-electron chi connectivity index (χ1n) is 6.44. The third-order valence-corrected chi connectivity index (χ3v) is 3.65. The maximum Gasteiger partial charge on any atom is 0.0949 e. The van der Waals surface area contributed by atoms with E-state index in [1.807, 2.05) is 19.6 Å². The summed E-state index contributed by atoms with van der Waals surface area (Å²) in [7, 11) is 1.98. The van der Waals surface area contributed by atoms with Crippen LogP contribution in [-0.4, -0.2) is 29.3 Å². The van der Waals surface area contributed by atoms with Gasteiger partial charge in [-0.05, 0) is 40.2 Å². The number of aromatic nitrogens is 2. The highest BCUT2D eigenvalue weighted by atomic mass is 16.5. The molecule has 0 bridgehead atoms. The van der Waals surface area contributed by atoms with Crippen LogP contribution in [-0.2, 0) is 16.8 Å². The third kappa shape index (κ3) is 2.87. The van der Waals surface area contributed by atoms with Crippen molar-refractivity contribution in [3.05, 3.63) is 18.2 Å². The number of rotatable bonds is 4. The van der Waals surface area contributed by atoms with Crippen LogP contribution in [0.5, 0.6) is 0 Å². The number of nitrogens with zero attached hydrogens (tertiary/aromatic N) is 2. The molecule has 1 fully saturated rings. The summed E-state index contributed by atoms with van der Waals surface area (Å²) >= 11 is 0. The van der Waals surface area contributed by atoms with E-state index in [0.29, 0.717) is 6.10 Å². The molecule has 1 aromatic heterocycles. The van der Waals surface area contributed by atoms with Crippen molar-refractivity contribution < 1.29 is 4.74 Å². The van der Waals surface area contributed by atoms with Gasteiger partial charge in [-0.3, -0.25) is 0 Å². The lowest BCUT2D eigenvalue weighted by Crippen LogP contribution is -2.36. The largest absolute Gasteiger partial charge is 0.376 e. The van der Waals surface area contributed by atoms with Gasteiger partial charge in [0.15, 0.2) is 0 Å². The van der Waals surface area contributed by atoms with Gasteiger partial charge in [0.05, 0.1) is 30.2 Å². The number of hydrogen-bond donors (Lipinski definition) is 1. The van der Waals surface area contributed by atoms with Gasteiger partial charge in [-0.1, -0.05) is 0 Å². The average molecular weight is 237 g/mol. The van der Waals surface area contributed by atoms with E-state index in [4.69, 9.17) is 4.74 Å². The Morgan fingerprint density at radius 2 is 2.35 bits per heavy atom. The van der Waals surface area contributed by atoms with Gasteiger partial charge in [-0.15, -0.1) is 0 Å². The fourth-order valence-electron chi connectivity index (χ4n) is 2.29. The van der Waals surface area contributed by atoms with Gasteiger partial charge in [-0.2, -0.15) is 0 Å². The monoisotopic (exact) mass is 237 g/mol. The Balaban J connectivity index is 2.08. The van der Waals surface area contributed by atoms with E-state index in [2.05, 4.69) is 28.7 Å². The summed E-state index contributed by atoms with van der Waals surface area (Å²) in [6, 6.07) is 0. The lowest BCUT2D eigenvalue weighted by atomic mass is 10.0. The average Bonchev–Trinajstić information content (AvgIpc) is 2.79.